The van der Waals surface area contributed by atoms with Gasteiger partial charge in [-0.05, 0) is 12.0 Å². The largest absolute Gasteiger partial charge is 0.464 e. The van der Waals surface area contributed by atoms with E-state index in [2.05, 4.69) is 6.92 Å². The Balaban J connectivity index is 2.10. The number of hydrogen-bond acceptors (Lipinski definition) is 3. The molecule has 0 fully saturated rings. The SMILES string of the molecule is CCCCCCCCOC(=O)C(O)Cc1ccccc1. The van der Waals surface area contributed by atoms with Crippen LogP contribution in [0.3, 0.4) is 0 Å². The Hall–Kier alpha value is -1.35. The summed E-state index contributed by atoms with van der Waals surface area (Å²) < 4.78 is 5.09. The van der Waals surface area contributed by atoms with Crippen LogP contribution >= 0.6 is 0 Å². The Labute approximate surface area is 122 Å². The summed E-state index contributed by atoms with van der Waals surface area (Å²) in [5.74, 6) is -0.512. The van der Waals surface area contributed by atoms with Crippen LogP contribution in [0.4, 0.5) is 0 Å². The van der Waals surface area contributed by atoms with E-state index in [1.165, 1.54) is 25.7 Å². The van der Waals surface area contributed by atoms with Crippen molar-refractivity contribution in [3.63, 3.8) is 0 Å². The van der Waals surface area contributed by atoms with Gasteiger partial charge in [0.25, 0.3) is 0 Å². The van der Waals surface area contributed by atoms with Gasteiger partial charge in [-0.3, -0.25) is 0 Å². The lowest BCUT2D eigenvalue weighted by molar-refractivity contribution is -0.153. The highest BCUT2D eigenvalue weighted by atomic mass is 16.5. The molecule has 1 N–H and O–H groups in total. The monoisotopic (exact) mass is 278 g/mol. The van der Waals surface area contributed by atoms with Crippen LogP contribution in [0.1, 0.15) is 51.0 Å². The predicted molar refractivity (Wildman–Crippen MR) is 80.5 cm³/mol. The third kappa shape index (κ3) is 7.29. The highest BCUT2D eigenvalue weighted by molar-refractivity contribution is 5.74. The van der Waals surface area contributed by atoms with Crippen molar-refractivity contribution >= 4 is 5.97 Å². The molecule has 0 heterocycles. The summed E-state index contributed by atoms with van der Waals surface area (Å²) in [6, 6.07) is 9.48. The smallest absolute Gasteiger partial charge is 0.335 e. The Morgan fingerprint density at radius 3 is 2.45 bits per heavy atom. The summed E-state index contributed by atoms with van der Waals surface area (Å²) in [4.78, 5) is 11.6. The molecule has 3 heteroatoms. The molecule has 0 aliphatic rings. The molecule has 0 aromatic heterocycles. The van der Waals surface area contributed by atoms with E-state index in [9.17, 15) is 9.90 Å². The van der Waals surface area contributed by atoms with Crippen LogP contribution in [0.2, 0.25) is 0 Å². The highest BCUT2D eigenvalue weighted by Crippen LogP contribution is 2.07. The van der Waals surface area contributed by atoms with Crippen molar-refractivity contribution in [1.82, 2.24) is 0 Å². The maximum atomic E-state index is 11.6. The zero-order chi connectivity index (χ0) is 14.6. The maximum absolute atomic E-state index is 11.6. The Morgan fingerprint density at radius 2 is 1.75 bits per heavy atom. The van der Waals surface area contributed by atoms with Gasteiger partial charge in [-0.1, -0.05) is 69.4 Å². The maximum Gasteiger partial charge on any atom is 0.335 e. The molecule has 20 heavy (non-hydrogen) atoms. The van der Waals surface area contributed by atoms with Gasteiger partial charge in [-0.2, -0.15) is 0 Å². The van der Waals surface area contributed by atoms with Crippen LogP contribution in [-0.2, 0) is 16.0 Å². The standard InChI is InChI=1S/C17H26O3/c1-2-3-4-5-6-10-13-20-17(19)16(18)14-15-11-8-7-9-12-15/h7-9,11-12,16,18H,2-6,10,13-14H2,1H3. The second kappa shape index (κ2) is 10.4. The Kier molecular flexibility index (Phi) is 8.72. The lowest BCUT2D eigenvalue weighted by Crippen LogP contribution is -2.25. The fraction of sp³-hybridized carbons (Fsp3) is 0.588. The zero-order valence-electron chi connectivity index (χ0n) is 12.4. The molecule has 0 saturated carbocycles. The molecule has 1 aromatic rings. The minimum atomic E-state index is -1.06. The van der Waals surface area contributed by atoms with Gasteiger partial charge in [-0.15, -0.1) is 0 Å². The number of aliphatic hydroxyl groups excluding tert-OH is 1. The normalized spacial score (nSPS) is 12.1. The van der Waals surface area contributed by atoms with Crippen molar-refractivity contribution in [3.05, 3.63) is 35.9 Å². The first-order valence-corrected chi connectivity index (χ1v) is 7.62. The van der Waals surface area contributed by atoms with Crippen LogP contribution < -0.4 is 0 Å². The van der Waals surface area contributed by atoms with Crippen molar-refractivity contribution in [2.75, 3.05) is 6.61 Å². The van der Waals surface area contributed by atoms with Crippen LogP contribution in [0.5, 0.6) is 0 Å². The molecule has 0 aliphatic carbocycles. The quantitative estimate of drug-likeness (QED) is 0.526. The van der Waals surface area contributed by atoms with E-state index in [0.29, 0.717) is 13.0 Å². The molecular formula is C17H26O3. The first-order chi connectivity index (χ1) is 9.74. The van der Waals surface area contributed by atoms with E-state index >= 15 is 0 Å². The average Bonchev–Trinajstić information content (AvgIpc) is 2.47. The molecule has 1 aromatic carbocycles. The molecule has 1 atom stereocenters. The van der Waals surface area contributed by atoms with Crippen molar-refractivity contribution < 1.29 is 14.6 Å². The van der Waals surface area contributed by atoms with E-state index in [0.717, 1.165) is 18.4 Å². The van der Waals surface area contributed by atoms with Gasteiger partial charge in [0.15, 0.2) is 6.10 Å². The van der Waals surface area contributed by atoms with E-state index in [1.807, 2.05) is 30.3 Å². The Morgan fingerprint density at radius 1 is 1.10 bits per heavy atom. The molecule has 0 radical (unpaired) electrons. The van der Waals surface area contributed by atoms with Gasteiger partial charge in [0.05, 0.1) is 6.61 Å². The van der Waals surface area contributed by atoms with Crippen LogP contribution in [-0.4, -0.2) is 23.8 Å². The summed E-state index contributed by atoms with van der Waals surface area (Å²) in [6.07, 6.45) is 6.18. The molecule has 0 saturated heterocycles. The molecule has 0 spiro atoms. The number of hydrogen-bond donors (Lipinski definition) is 1. The minimum Gasteiger partial charge on any atom is -0.464 e. The number of rotatable bonds is 10. The molecular weight excluding hydrogens is 252 g/mol. The number of carbonyl (C=O) groups is 1. The highest BCUT2D eigenvalue weighted by Gasteiger charge is 2.16. The Bertz CT molecular complexity index is 362. The van der Waals surface area contributed by atoms with Gasteiger partial charge >= 0.3 is 5.97 Å². The van der Waals surface area contributed by atoms with Crippen LogP contribution in [0.25, 0.3) is 0 Å². The van der Waals surface area contributed by atoms with Gasteiger partial charge in [0.1, 0.15) is 0 Å². The fourth-order valence-corrected chi connectivity index (χ4v) is 2.07. The van der Waals surface area contributed by atoms with Gasteiger partial charge in [-0.25, -0.2) is 4.79 Å². The van der Waals surface area contributed by atoms with Crippen molar-refractivity contribution in [2.45, 2.75) is 58.0 Å². The third-order valence-corrected chi connectivity index (χ3v) is 3.29. The predicted octanol–water partition coefficient (Wildman–Crippen LogP) is 3.49. The molecule has 0 bridgehead atoms. The second-order valence-corrected chi connectivity index (χ2v) is 5.14. The molecule has 0 amide bonds. The van der Waals surface area contributed by atoms with Crippen molar-refractivity contribution in [3.8, 4) is 0 Å². The number of carbonyl (C=O) groups excluding carboxylic acids is 1. The molecule has 1 unspecified atom stereocenters. The fourth-order valence-electron chi connectivity index (χ4n) is 2.07. The topological polar surface area (TPSA) is 46.5 Å². The van der Waals surface area contributed by atoms with E-state index < -0.39 is 12.1 Å². The second-order valence-electron chi connectivity index (χ2n) is 5.14. The van der Waals surface area contributed by atoms with Crippen molar-refractivity contribution in [2.24, 2.45) is 0 Å². The zero-order valence-corrected chi connectivity index (χ0v) is 12.4. The number of ether oxygens (including phenoxy) is 1. The number of benzene rings is 1. The van der Waals surface area contributed by atoms with Gasteiger partial charge in [0, 0.05) is 6.42 Å². The van der Waals surface area contributed by atoms with E-state index in [-0.39, 0.29) is 0 Å². The molecule has 112 valence electrons. The van der Waals surface area contributed by atoms with Crippen LogP contribution in [0.15, 0.2) is 30.3 Å². The first-order valence-electron chi connectivity index (χ1n) is 7.62. The number of aliphatic hydroxyl groups is 1. The lowest BCUT2D eigenvalue weighted by atomic mass is 10.1. The summed E-state index contributed by atoms with van der Waals surface area (Å²) in [6.45, 7) is 2.60. The minimum absolute atomic E-state index is 0.316. The lowest BCUT2D eigenvalue weighted by Gasteiger charge is -2.10. The van der Waals surface area contributed by atoms with Crippen molar-refractivity contribution in [1.29, 1.82) is 0 Å². The average molecular weight is 278 g/mol. The summed E-state index contributed by atoms with van der Waals surface area (Å²) >= 11 is 0. The van der Waals surface area contributed by atoms with E-state index in [1.54, 1.807) is 0 Å². The first kappa shape index (κ1) is 16.7. The number of unbranched alkanes of at least 4 members (excludes halogenated alkanes) is 5. The molecule has 1 rings (SSSR count). The van der Waals surface area contributed by atoms with E-state index in [4.69, 9.17) is 4.74 Å². The number of esters is 1. The van der Waals surface area contributed by atoms with Gasteiger partial charge < -0.3 is 9.84 Å². The summed E-state index contributed by atoms with van der Waals surface area (Å²) in [5.41, 5.74) is 0.941. The third-order valence-electron chi connectivity index (χ3n) is 3.29. The summed E-state index contributed by atoms with van der Waals surface area (Å²) in [5, 5.41) is 9.77. The summed E-state index contributed by atoms with van der Waals surface area (Å²) in [7, 11) is 0. The molecule has 0 aliphatic heterocycles. The van der Waals surface area contributed by atoms with Gasteiger partial charge in [0.2, 0.25) is 0 Å². The van der Waals surface area contributed by atoms with Crippen LogP contribution in [0, 0.1) is 0 Å². The molecule has 3 nitrogen and oxygen atoms in total.